The first-order valence-electron chi connectivity index (χ1n) is 19.1. The van der Waals surface area contributed by atoms with Crippen LogP contribution in [0.15, 0.2) is 206 Å². The molecule has 0 bridgehead atoms. The molecule has 55 heavy (non-hydrogen) atoms. The summed E-state index contributed by atoms with van der Waals surface area (Å²) >= 11 is 0. The molecule has 10 aromatic rings. The first kappa shape index (κ1) is 30.3. The second kappa shape index (κ2) is 11.4. The van der Waals surface area contributed by atoms with Crippen LogP contribution in [0.3, 0.4) is 0 Å². The smallest absolute Gasteiger partial charge is 0.0755 e. The van der Waals surface area contributed by atoms with E-state index < -0.39 is 5.41 Å². The lowest BCUT2D eigenvalue weighted by Gasteiger charge is -2.40. The minimum absolute atomic E-state index is 0.511. The maximum Gasteiger partial charge on any atom is 0.0755 e. The molecule has 0 saturated carbocycles. The molecule has 0 saturated heterocycles. The predicted octanol–water partition coefficient (Wildman–Crippen LogP) is 13.8. The Morgan fingerprint density at radius 2 is 0.964 bits per heavy atom. The van der Waals surface area contributed by atoms with Crippen molar-refractivity contribution in [3.8, 4) is 27.9 Å². The molecule has 1 unspecified atom stereocenters. The topological polar surface area (TPSA) is 8.17 Å². The number of hydrogen-bond donors (Lipinski definition) is 0. The minimum atomic E-state index is -0.511. The van der Waals surface area contributed by atoms with Gasteiger partial charge in [0, 0.05) is 27.8 Å². The van der Waals surface area contributed by atoms with Gasteiger partial charge in [-0.3, -0.25) is 0 Å². The van der Waals surface area contributed by atoms with Gasteiger partial charge in [0.25, 0.3) is 0 Å². The lowest BCUT2D eigenvalue weighted by Crippen LogP contribution is -2.33. The summed E-state index contributed by atoms with van der Waals surface area (Å²) in [6.07, 6.45) is 0. The first-order valence-corrected chi connectivity index (χ1v) is 19.1. The van der Waals surface area contributed by atoms with Gasteiger partial charge in [-0.1, -0.05) is 158 Å². The van der Waals surface area contributed by atoms with Crippen LogP contribution >= 0.6 is 0 Å². The highest BCUT2D eigenvalue weighted by Gasteiger charge is 2.51. The zero-order chi connectivity index (χ0) is 36.1. The number of hydrogen-bond acceptors (Lipinski definition) is 1. The van der Waals surface area contributed by atoms with Gasteiger partial charge >= 0.3 is 0 Å². The molecule has 0 N–H and O–H groups in total. The molecule has 0 radical (unpaired) electrons. The Hall–Kier alpha value is -7.16. The lowest BCUT2D eigenvalue weighted by atomic mass is 9.65. The third-order valence-electron chi connectivity index (χ3n) is 12.2. The number of benzene rings is 9. The summed E-state index contributed by atoms with van der Waals surface area (Å²) in [5.74, 6) is 0. The van der Waals surface area contributed by atoms with Crippen LogP contribution in [0.25, 0.3) is 60.5 Å². The van der Waals surface area contributed by atoms with Crippen molar-refractivity contribution in [2.75, 3.05) is 4.90 Å². The Balaban J connectivity index is 1.11. The zero-order valence-corrected chi connectivity index (χ0v) is 30.0. The van der Waals surface area contributed by atoms with E-state index in [2.05, 4.69) is 216 Å². The molecule has 256 valence electrons. The lowest BCUT2D eigenvalue weighted by molar-refractivity contribution is 0.748. The third kappa shape index (κ3) is 4.08. The second-order valence-electron chi connectivity index (χ2n) is 14.8. The van der Waals surface area contributed by atoms with E-state index in [0.29, 0.717) is 0 Å². The fourth-order valence-corrected chi connectivity index (χ4v) is 9.98. The summed E-state index contributed by atoms with van der Waals surface area (Å²) in [4.78, 5) is 2.41. The average Bonchev–Trinajstić information content (AvgIpc) is 3.75. The van der Waals surface area contributed by atoms with Crippen LogP contribution in [-0.2, 0) is 5.41 Å². The van der Waals surface area contributed by atoms with E-state index in [1.165, 1.54) is 82.8 Å². The molecule has 9 aromatic carbocycles. The van der Waals surface area contributed by atoms with E-state index in [4.69, 9.17) is 0 Å². The van der Waals surface area contributed by atoms with Crippen molar-refractivity contribution in [2.24, 2.45) is 0 Å². The Bertz CT molecular complexity index is 3150. The zero-order valence-electron chi connectivity index (χ0n) is 30.0. The number of rotatable bonds is 4. The quantitative estimate of drug-likeness (QED) is 0.178. The van der Waals surface area contributed by atoms with Crippen LogP contribution in [0.1, 0.15) is 22.3 Å². The van der Waals surface area contributed by atoms with Crippen LogP contribution < -0.4 is 4.90 Å². The van der Waals surface area contributed by atoms with E-state index in [9.17, 15) is 0 Å². The summed E-state index contributed by atoms with van der Waals surface area (Å²) in [7, 11) is 0. The molecular formula is C53H34N2. The van der Waals surface area contributed by atoms with Gasteiger partial charge in [-0.15, -0.1) is 0 Å². The molecule has 1 atom stereocenters. The van der Waals surface area contributed by atoms with Crippen molar-refractivity contribution in [3.63, 3.8) is 0 Å². The number of nitrogens with zero attached hydrogens (tertiary/aromatic N) is 2. The maximum atomic E-state index is 2.51. The minimum Gasteiger partial charge on any atom is -0.310 e. The van der Waals surface area contributed by atoms with Crippen molar-refractivity contribution >= 4 is 49.6 Å². The van der Waals surface area contributed by atoms with E-state index >= 15 is 0 Å². The van der Waals surface area contributed by atoms with Gasteiger partial charge in [-0.05, 0) is 104 Å². The molecule has 0 amide bonds. The number of anilines is 3. The Morgan fingerprint density at radius 1 is 0.364 bits per heavy atom. The fourth-order valence-electron chi connectivity index (χ4n) is 9.98. The molecular weight excluding hydrogens is 665 g/mol. The van der Waals surface area contributed by atoms with Gasteiger partial charge in [-0.25, -0.2) is 0 Å². The summed E-state index contributed by atoms with van der Waals surface area (Å²) in [6, 6.07) is 76.3. The molecule has 1 spiro atoms. The van der Waals surface area contributed by atoms with E-state index in [1.807, 2.05) is 0 Å². The summed E-state index contributed by atoms with van der Waals surface area (Å²) in [5, 5.41) is 5.10. The van der Waals surface area contributed by atoms with Crippen LogP contribution in [0.2, 0.25) is 0 Å². The Kier molecular flexibility index (Phi) is 6.29. The summed E-state index contributed by atoms with van der Waals surface area (Å²) in [5.41, 5.74) is 17.0. The average molecular weight is 699 g/mol. The molecule has 2 heteroatoms. The molecule has 2 nitrogen and oxygen atoms in total. The van der Waals surface area contributed by atoms with Gasteiger partial charge in [0.05, 0.1) is 22.1 Å². The standard InChI is InChI=1S/C53H34N2/c1-2-16-37(17-3-1)54(38-30-28-36(29-31-38)41-21-12-15-35-14-4-5-18-40(35)41)39-32-33-43-42-19-6-8-23-46(42)53(49(43)34-39)47-24-9-11-27-51(47)55-50-26-10-7-20-44(50)45-22-13-25-48(53)52(45)55/h1-34H. The van der Waals surface area contributed by atoms with E-state index in [0.717, 1.165) is 17.1 Å². The van der Waals surface area contributed by atoms with Crippen molar-refractivity contribution in [3.05, 3.63) is 229 Å². The van der Waals surface area contributed by atoms with Crippen LogP contribution in [-0.4, -0.2) is 4.57 Å². The largest absolute Gasteiger partial charge is 0.310 e. The van der Waals surface area contributed by atoms with Crippen molar-refractivity contribution in [2.45, 2.75) is 5.41 Å². The molecule has 1 aliphatic carbocycles. The first-order chi connectivity index (χ1) is 27.3. The predicted molar refractivity (Wildman–Crippen MR) is 229 cm³/mol. The van der Waals surface area contributed by atoms with E-state index in [-0.39, 0.29) is 0 Å². The number of para-hydroxylation sites is 4. The normalized spacial score (nSPS) is 15.0. The molecule has 1 aliphatic heterocycles. The van der Waals surface area contributed by atoms with E-state index in [1.54, 1.807) is 0 Å². The molecule has 2 heterocycles. The highest BCUT2D eigenvalue weighted by atomic mass is 15.1. The SMILES string of the molecule is c1ccc(N(c2ccc(-c3cccc4ccccc34)cc2)c2ccc3c(c2)C2(c4ccccc4-3)c3ccccc3-n3c4ccccc4c4cccc2c43)cc1. The Labute approximate surface area is 319 Å². The van der Waals surface area contributed by atoms with Gasteiger partial charge in [-0.2, -0.15) is 0 Å². The summed E-state index contributed by atoms with van der Waals surface area (Å²) in [6.45, 7) is 0. The molecule has 2 aliphatic rings. The molecule has 12 rings (SSSR count). The van der Waals surface area contributed by atoms with Gasteiger partial charge in [0.2, 0.25) is 0 Å². The molecule has 1 aromatic heterocycles. The van der Waals surface area contributed by atoms with Crippen LogP contribution in [0.4, 0.5) is 17.1 Å². The number of aromatic nitrogens is 1. The van der Waals surface area contributed by atoms with Crippen LogP contribution in [0.5, 0.6) is 0 Å². The van der Waals surface area contributed by atoms with Gasteiger partial charge in [0.15, 0.2) is 0 Å². The van der Waals surface area contributed by atoms with Gasteiger partial charge < -0.3 is 9.47 Å². The fraction of sp³-hybridized carbons (Fsp3) is 0.0189. The Morgan fingerprint density at radius 3 is 1.85 bits per heavy atom. The van der Waals surface area contributed by atoms with Crippen LogP contribution in [0, 0.1) is 0 Å². The second-order valence-corrected chi connectivity index (χ2v) is 14.8. The van der Waals surface area contributed by atoms with Crippen molar-refractivity contribution < 1.29 is 0 Å². The highest BCUT2D eigenvalue weighted by Crippen LogP contribution is 2.61. The highest BCUT2D eigenvalue weighted by molar-refractivity contribution is 6.13. The summed E-state index contributed by atoms with van der Waals surface area (Å²) < 4.78 is 2.51. The van der Waals surface area contributed by atoms with Crippen molar-refractivity contribution in [1.82, 2.24) is 4.57 Å². The maximum absolute atomic E-state index is 2.51. The number of fused-ring (bicyclic) bond motifs is 13. The van der Waals surface area contributed by atoms with Crippen molar-refractivity contribution in [1.29, 1.82) is 0 Å². The monoisotopic (exact) mass is 698 g/mol. The van der Waals surface area contributed by atoms with Gasteiger partial charge in [0.1, 0.15) is 0 Å². The molecule has 0 fully saturated rings. The third-order valence-corrected chi connectivity index (χ3v) is 12.2.